The lowest BCUT2D eigenvalue weighted by Gasteiger charge is -2.24. The van der Waals surface area contributed by atoms with E-state index in [1.165, 1.54) is 0 Å². The second-order valence-corrected chi connectivity index (χ2v) is 5.42. The SMILES string of the molecule is CC(C)CNC(=O)C(C)NC(=O)C(C)(C)CN. The van der Waals surface area contributed by atoms with Crippen LogP contribution < -0.4 is 16.4 Å². The molecule has 5 heteroatoms. The Labute approximate surface area is 104 Å². The maximum Gasteiger partial charge on any atom is 0.242 e. The highest BCUT2D eigenvalue weighted by molar-refractivity contribution is 5.89. The van der Waals surface area contributed by atoms with Gasteiger partial charge in [0.1, 0.15) is 6.04 Å². The Morgan fingerprint density at radius 2 is 1.76 bits per heavy atom. The number of carbonyl (C=O) groups is 2. The van der Waals surface area contributed by atoms with Crippen LogP contribution in [0.25, 0.3) is 0 Å². The van der Waals surface area contributed by atoms with Gasteiger partial charge in [0, 0.05) is 13.1 Å². The monoisotopic (exact) mass is 243 g/mol. The van der Waals surface area contributed by atoms with Gasteiger partial charge in [-0.05, 0) is 26.7 Å². The van der Waals surface area contributed by atoms with Gasteiger partial charge in [-0.1, -0.05) is 13.8 Å². The molecule has 0 spiro atoms. The summed E-state index contributed by atoms with van der Waals surface area (Å²) in [6.45, 7) is 10.1. The number of rotatable bonds is 6. The largest absolute Gasteiger partial charge is 0.354 e. The molecule has 0 aliphatic heterocycles. The molecule has 0 aromatic rings. The zero-order valence-electron chi connectivity index (χ0n) is 11.5. The minimum absolute atomic E-state index is 0.167. The second-order valence-electron chi connectivity index (χ2n) is 5.42. The van der Waals surface area contributed by atoms with Gasteiger partial charge in [0.2, 0.25) is 11.8 Å². The lowest BCUT2D eigenvalue weighted by Crippen LogP contribution is -2.51. The minimum Gasteiger partial charge on any atom is -0.354 e. The van der Waals surface area contributed by atoms with E-state index in [2.05, 4.69) is 10.6 Å². The maximum atomic E-state index is 11.8. The van der Waals surface area contributed by atoms with Crippen molar-refractivity contribution in [3.8, 4) is 0 Å². The number of hydrogen-bond donors (Lipinski definition) is 3. The van der Waals surface area contributed by atoms with Crippen molar-refractivity contribution in [2.75, 3.05) is 13.1 Å². The molecule has 0 aromatic heterocycles. The van der Waals surface area contributed by atoms with Crippen molar-refractivity contribution in [3.05, 3.63) is 0 Å². The molecule has 17 heavy (non-hydrogen) atoms. The van der Waals surface area contributed by atoms with Crippen LogP contribution in [0.4, 0.5) is 0 Å². The van der Waals surface area contributed by atoms with E-state index in [0.29, 0.717) is 12.5 Å². The Bertz CT molecular complexity index is 275. The van der Waals surface area contributed by atoms with Crippen LogP contribution in [0, 0.1) is 11.3 Å². The van der Waals surface area contributed by atoms with Crippen molar-refractivity contribution in [3.63, 3.8) is 0 Å². The first kappa shape index (κ1) is 15.9. The number of nitrogens with one attached hydrogen (secondary N) is 2. The minimum atomic E-state index is -0.646. The smallest absolute Gasteiger partial charge is 0.242 e. The van der Waals surface area contributed by atoms with Crippen molar-refractivity contribution < 1.29 is 9.59 Å². The first-order valence-corrected chi connectivity index (χ1v) is 5.99. The molecule has 1 atom stereocenters. The number of carbonyl (C=O) groups excluding carboxylic acids is 2. The highest BCUT2D eigenvalue weighted by Gasteiger charge is 2.28. The van der Waals surface area contributed by atoms with Crippen molar-refractivity contribution in [1.82, 2.24) is 10.6 Å². The molecule has 0 aromatic carbocycles. The van der Waals surface area contributed by atoms with Crippen LogP contribution in [0.2, 0.25) is 0 Å². The van der Waals surface area contributed by atoms with Crippen LogP contribution in [0.3, 0.4) is 0 Å². The first-order valence-electron chi connectivity index (χ1n) is 5.99. The van der Waals surface area contributed by atoms with Gasteiger partial charge in [-0.3, -0.25) is 9.59 Å². The quantitative estimate of drug-likeness (QED) is 0.625. The fourth-order valence-electron chi connectivity index (χ4n) is 1.01. The molecule has 0 fully saturated rings. The lowest BCUT2D eigenvalue weighted by atomic mass is 9.92. The molecule has 0 aliphatic rings. The summed E-state index contributed by atoms with van der Waals surface area (Å²) in [6.07, 6.45) is 0. The Balaban J connectivity index is 4.21. The van der Waals surface area contributed by atoms with E-state index in [1.807, 2.05) is 13.8 Å². The molecule has 1 unspecified atom stereocenters. The summed E-state index contributed by atoms with van der Waals surface area (Å²) in [5.41, 5.74) is 4.85. The zero-order valence-corrected chi connectivity index (χ0v) is 11.5. The molecule has 0 radical (unpaired) electrons. The molecular formula is C12H25N3O2. The van der Waals surface area contributed by atoms with E-state index in [0.717, 1.165) is 0 Å². The third-order valence-corrected chi connectivity index (χ3v) is 2.55. The van der Waals surface area contributed by atoms with E-state index in [1.54, 1.807) is 20.8 Å². The number of nitrogens with two attached hydrogens (primary N) is 1. The summed E-state index contributed by atoms with van der Waals surface area (Å²) in [7, 11) is 0. The van der Waals surface area contributed by atoms with Crippen molar-refractivity contribution in [2.45, 2.75) is 40.7 Å². The van der Waals surface area contributed by atoms with Crippen LogP contribution in [0.5, 0.6) is 0 Å². The molecule has 0 rings (SSSR count). The predicted molar refractivity (Wildman–Crippen MR) is 68.3 cm³/mol. The van der Waals surface area contributed by atoms with Gasteiger partial charge in [0.25, 0.3) is 0 Å². The standard InChI is InChI=1S/C12H25N3O2/c1-8(2)6-14-10(16)9(3)15-11(17)12(4,5)7-13/h8-9H,6-7,13H2,1-5H3,(H,14,16)(H,15,17). The van der Waals surface area contributed by atoms with Crippen LogP contribution in [-0.4, -0.2) is 30.9 Å². The Morgan fingerprint density at radius 1 is 1.24 bits per heavy atom. The van der Waals surface area contributed by atoms with Gasteiger partial charge in [0.05, 0.1) is 5.41 Å². The molecule has 0 aliphatic carbocycles. The van der Waals surface area contributed by atoms with Gasteiger partial charge in [-0.25, -0.2) is 0 Å². The third-order valence-electron chi connectivity index (χ3n) is 2.55. The van der Waals surface area contributed by atoms with Crippen LogP contribution in [0.15, 0.2) is 0 Å². The molecule has 5 nitrogen and oxygen atoms in total. The molecule has 2 amide bonds. The van der Waals surface area contributed by atoms with E-state index < -0.39 is 11.5 Å². The van der Waals surface area contributed by atoms with E-state index in [4.69, 9.17) is 5.73 Å². The summed E-state index contributed by atoms with van der Waals surface area (Å²) >= 11 is 0. The summed E-state index contributed by atoms with van der Waals surface area (Å²) in [6, 6.07) is -0.535. The van der Waals surface area contributed by atoms with Gasteiger partial charge < -0.3 is 16.4 Å². The Morgan fingerprint density at radius 3 is 2.18 bits per heavy atom. The normalized spacial score (nSPS) is 13.4. The van der Waals surface area contributed by atoms with Gasteiger partial charge >= 0.3 is 0 Å². The summed E-state index contributed by atoms with van der Waals surface area (Å²) in [4.78, 5) is 23.4. The average Bonchev–Trinajstić information content (AvgIpc) is 2.25. The molecule has 0 bridgehead atoms. The fraction of sp³-hybridized carbons (Fsp3) is 0.833. The number of amides is 2. The highest BCUT2D eigenvalue weighted by Crippen LogP contribution is 2.12. The van der Waals surface area contributed by atoms with E-state index >= 15 is 0 Å². The van der Waals surface area contributed by atoms with Crippen LogP contribution in [-0.2, 0) is 9.59 Å². The maximum absolute atomic E-state index is 11.8. The summed E-state index contributed by atoms with van der Waals surface area (Å²) in [5, 5.41) is 5.44. The van der Waals surface area contributed by atoms with E-state index in [-0.39, 0.29) is 18.4 Å². The summed E-state index contributed by atoms with van der Waals surface area (Å²) in [5.74, 6) is 0.0226. The van der Waals surface area contributed by atoms with Crippen molar-refractivity contribution in [1.29, 1.82) is 0 Å². The zero-order chi connectivity index (χ0) is 13.6. The third kappa shape index (κ3) is 5.68. The molecular weight excluding hydrogens is 218 g/mol. The van der Waals surface area contributed by atoms with Crippen LogP contribution >= 0.6 is 0 Å². The highest BCUT2D eigenvalue weighted by atomic mass is 16.2. The Kier molecular flexibility index (Phi) is 6.16. The fourth-order valence-corrected chi connectivity index (χ4v) is 1.01. The molecule has 0 saturated carbocycles. The second kappa shape index (κ2) is 6.59. The Hall–Kier alpha value is -1.10. The molecule has 0 heterocycles. The topological polar surface area (TPSA) is 84.2 Å². The predicted octanol–water partition coefficient (Wildman–Crippen LogP) is 0.248. The van der Waals surface area contributed by atoms with Crippen molar-refractivity contribution in [2.24, 2.45) is 17.1 Å². The molecule has 4 N–H and O–H groups in total. The van der Waals surface area contributed by atoms with Gasteiger partial charge in [-0.2, -0.15) is 0 Å². The summed E-state index contributed by atoms with van der Waals surface area (Å²) < 4.78 is 0. The lowest BCUT2D eigenvalue weighted by molar-refractivity contribution is -0.133. The van der Waals surface area contributed by atoms with Crippen molar-refractivity contribution >= 4 is 11.8 Å². The molecule has 0 saturated heterocycles. The van der Waals surface area contributed by atoms with Gasteiger partial charge in [0.15, 0.2) is 0 Å². The van der Waals surface area contributed by atoms with Gasteiger partial charge in [-0.15, -0.1) is 0 Å². The van der Waals surface area contributed by atoms with E-state index in [9.17, 15) is 9.59 Å². The van der Waals surface area contributed by atoms with Crippen LogP contribution in [0.1, 0.15) is 34.6 Å². The average molecular weight is 243 g/mol. The first-order chi connectivity index (χ1) is 7.70. The number of hydrogen-bond acceptors (Lipinski definition) is 3. The molecule has 100 valence electrons.